The summed E-state index contributed by atoms with van der Waals surface area (Å²) in [6, 6.07) is 16.9. The maximum atomic E-state index is 11.8. The summed E-state index contributed by atoms with van der Waals surface area (Å²) >= 11 is 5.77. The number of rotatable bonds is 5. The molecule has 0 radical (unpaired) electrons. The average molecular weight is 272 g/mol. The van der Waals surface area contributed by atoms with Gasteiger partial charge in [0.2, 0.25) is 0 Å². The third kappa shape index (κ3) is 4.27. The summed E-state index contributed by atoms with van der Waals surface area (Å²) in [5, 5.41) is 3.71. The van der Waals surface area contributed by atoms with E-state index in [-0.39, 0.29) is 5.78 Å². The topological polar surface area (TPSA) is 29.1 Å². The van der Waals surface area contributed by atoms with Crippen LogP contribution in [0.2, 0.25) is 5.02 Å². The number of ketones is 1. The minimum Gasteiger partial charge on any atom is -0.387 e. The monoisotopic (exact) mass is 271 g/mol. The first-order valence-electron chi connectivity index (χ1n) is 5.99. The van der Waals surface area contributed by atoms with E-state index < -0.39 is 0 Å². The van der Waals surface area contributed by atoms with Gasteiger partial charge in [-0.3, -0.25) is 4.79 Å². The number of hydrogen-bond acceptors (Lipinski definition) is 2. The lowest BCUT2D eigenvalue weighted by Crippen LogP contribution is -2.05. The highest BCUT2D eigenvalue weighted by Gasteiger charge is 2.00. The van der Waals surface area contributed by atoms with Crippen molar-refractivity contribution in [2.24, 2.45) is 0 Å². The highest BCUT2D eigenvalue weighted by atomic mass is 35.5. The van der Waals surface area contributed by atoms with E-state index in [1.807, 2.05) is 30.3 Å². The van der Waals surface area contributed by atoms with E-state index in [0.717, 1.165) is 0 Å². The average Bonchev–Trinajstić information content (AvgIpc) is 2.45. The lowest BCUT2D eigenvalue weighted by molar-refractivity contribution is 0.104. The van der Waals surface area contributed by atoms with Gasteiger partial charge in [-0.1, -0.05) is 41.9 Å². The lowest BCUT2D eigenvalue weighted by Gasteiger charge is -2.00. The molecule has 0 aliphatic carbocycles. The smallest absolute Gasteiger partial charge is 0.187 e. The summed E-state index contributed by atoms with van der Waals surface area (Å²) in [5.41, 5.74) is 1.80. The van der Waals surface area contributed by atoms with Crippen molar-refractivity contribution in [3.63, 3.8) is 0 Å². The predicted molar refractivity (Wildman–Crippen MR) is 78.2 cm³/mol. The number of halogens is 1. The van der Waals surface area contributed by atoms with Crippen molar-refractivity contribution in [1.29, 1.82) is 0 Å². The molecule has 0 fully saturated rings. The Kier molecular flexibility index (Phi) is 4.76. The standard InChI is InChI=1S/C16H14ClNO/c17-15-8-6-14(7-9-15)16(19)10-11-18-12-13-4-2-1-3-5-13/h1-11,18H,12H2. The first kappa shape index (κ1) is 13.4. The normalized spacial score (nSPS) is 10.6. The summed E-state index contributed by atoms with van der Waals surface area (Å²) in [7, 11) is 0. The summed E-state index contributed by atoms with van der Waals surface area (Å²) in [5.74, 6) is -0.0442. The molecule has 0 saturated heterocycles. The van der Waals surface area contributed by atoms with E-state index in [1.165, 1.54) is 11.6 Å². The number of nitrogens with one attached hydrogen (secondary N) is 1. The van der Waals surface area contributed by atoms with Crippen molar-refractivity contribution in [3.05, 3.63) is 83.0 Å². The van der Waals surface area contributed by atoms with Crippen LogP contribution in [-0.2, 0) is 6.54 Å². The van der Waals surface area contributed by atoms with E-state index in [1.54, 1.807) is 30.5 Å². The van der Waals surface area contributed by atoms with Gasteiger partial charge in [0, 0.05) is 29.4 Å². The number of benzene rings is 2. The Balaban J connectivity index is 1.85. The number of carbonyl (C=O) groups excluding carboxylic acids is 1. The van der Waals surface area contributed by atoms with Crippen LogP contribution in [0.25, 0.3) is 0 Å². The maximum Gasteiger partial charge on any atom is 0.187 e. The Hall–Kier alpha value is -2.06. The zero-order chi connectivity index (χ0) is 13.5. The zero-order valence-electron chi connectivity index (χ0n) is 10.3. The van der Waals surface area contributed by atoms with Crippen LogP contribution in [0.4, 0.5) is 0 Å². The molecule has 0 aliphatic heterocycles. The quantitative estimate of drug-likeness (QED) is 0.661. The van der Waals surface area contributed by atoms with E-state index >= 15 is 0 Å². The molecule has 0 saturated carbocycles. The van der Waals surface area contributed by atoms with Crippen LogP contribution in [0.1, 0.15) is 15.9 Å². The van der Waals surface area contributed by atoms with Gasteiger partial charge in [0.15, 0.2) is 5.78 Å². The Morgan fingerprint density at radius 2 is 1.74 bits per heavy atom. The van der Waals surface area contributed by atoms with Crippen molar-refractivity contribution in [3.8, 4) is 0 Å². The molecule has 0 aromatic heterocycles. The molecular formula is C16H14ClNO. The molecule has 2 aromatic rings. The van der Waals surface area contributed by atoms with Crippen LogP contribution in [0.5, 0.6) is 0 Å². The molecule has 2 nitrogen and oxygen atoms in total. The van der Waals surface area contributed by atoms with Gasteiger partial charge in [-0.05, 0) is 29.8 Å². The third-order valence-electron chi connectivity index (χ3n) is 2.63. The number of allylic oxidation sites excluding steroid dienone is 1. The minimum absolute atomic E-state index is 0.0442. The highest BCUT2D eigenvalue weighted by molar-refractivity contribution is 6.30. The molecule has 1 N–H and O–H groups in total. The molecule has 2 aromatic carbocycles. The molecule has 0 heterocycles. The minimum atomic E-state index is -0.0442. The van der Waals surface area contributed by atoms with Crippen molar-refractivity contribution < 1.29 is 4.79 Å². The van der Waals surface area contributed by atoms with Gasteiger partial charge in [0.25, 0.3) is 0 Å². The second-order valence-corrected chi connectivity index (χ2v) is 4.51. The fourth-order valence-corrected chi connectivity index (χ4v) is 1.74. The largest absolute Gasteiger partial charge is 0.387 e. The van der Waals surface area contributed by atoms with Crippen molar-refractivity contribution >= 4 is 17.4 Å². The van der Waals surface area contributed by atoms with Crippen molar-refractivity contribution in [1.82, 2.24) is 5.32 Å². The van der Waals surface area contributed by atoms with Crippen molar-refractivity contribution in [2.75, 3.05) is 0 Å². The summed E-state index contributed by atoms with van der Waals surface area (Å²) < 4.78 is 0. The zero-order valence-corrected chi connectivity index (χ0v) is 11.1. The molecule has 96 valence electrons. The first-order chi connectivity index (χ1) is 9.25. The van der Waals surface area contributed by atoms with E-state index in [2.05, 4.69) is 5.32 Å². The van der Waals surface area contributed by atoms with Crippen LogP contribution in [-0.4, -0.2) is 5.78 Å². The fraction of sp³-hybridized carbons (Fsp3) is 0.0625. The SMILES string of the molecule is O=C(C=CNCc1ccccc1)c1ccc(Cl)cc1. The first-order valence-corrected chi connectivity index (χ1v) is 6.37. The van der Waals surface area contributed by atoms with E-state index in [0.29, 0.717) is 17.1 Å². The van der Waals surface area contributed by atoms with E-state index in [9.17, 15) is 4.79 Å². The van der Waals surface area contributed by atoms with Gasteiger partial charge in [-0.15, -0.1) is 0 Å². The summed E-state index contributed by atoms with van der Waals surface area (Å²) in [4.78, 5) is 11.8. The molecule has 0 aliphatic rings. The maximum absolute atomic E-state index is 11.8. The highest BCUT2D eigenvalue weighted by Crippen LogP contribution is 2.10. The van der Waals surface area contributed by atoms with Gasteiger partial charge >= 0.3 is 0 Å². The van der Waals surface area contributed by atoms with Gasteiger partial charge < -0.3 is 5.32 Å². The Bertz CT molecular complexity index is 561. The molecule has 2 rings (SSSR count). The summed E-state index contributed by atoms with van der Waals surface area (Å²) in [6.07, 6.45) is 3.19. The lowest BCUT2D eigenvalue weighted by atomic mass is 10.1. The number of carbonyl (C=O) groups is 1. The van der Waals surface area contributed by atoms with Crippen LogP contribution < -0.4 is 5.32 Å². The Morgan fingerprint density at radius 1 is 1.05 bits per heavy atom. The predicted octanol–water partition coefficient (Wildman–Crippen LogP) is 3.83. The Labute approximate surface area is 117 Å². The molecular weight excluding hydrogens is 258 g/mol. The van der Waals surface area contributed by atoms with Crippen LogP contribution in [0, 0.1) is 0 Å². The summed E-state index contributed by atoms with van der Waals surface area (Å²) in [6.45, 7) is 0.700. The Morgan fingerprint density at radius 3 is 2.42 bits per heavy atom. The molecule has 0 amide bonds. The van der Waals surface area contributed by atoms with Crippen LogP contribution in [0.3, 0.4) is 0 Å². The van der Waals surface area contributed by atoms with Crippen LogP contribution in [0.15, 0.2) is 66.9 Å². The van der Waals surface area contributed by atoms with Crippen molar-refractivity contribution in [2.45, 2.75) is 6.54 Å². The second kappa shape index (κ2) is 6.76. The fourth-order valence-electron chi connectivity index (χ4n) is 1.62. The molecule has 0 unspecified atom stereocenters. The second-order valence-electron chi connectivity index (χ2n) is 4.07. The molecule has 19 heavy (non-hydrogen) atoms. The number of hydrogen-bond donors (Lipinski definition) is 1. The van der Waals surface area contributed by atoms with Gasteiger partial charge in [0.1, 0.15) is 0 Å². The van der Waals surface area contributed by atoms with Crippen LogP contribution >= 0.6 is 11.6 Å². The molecule has 0 bridgehead atoms. The van der Waals surface area contributed by atoms with Gasteiger partial charge in [-0.2, -0.15) is 0 Å². The van der Waals surface area contributed by atoms with Gasteiger partial charge in [0.05, 0.1) is 0 Å². The van der Waals surface area contributed by atoms with Gasteiger partial charge in [-0.25, -0.2) is 0 Å². The molecule has 0 spiro atoms. The molecule has 0 atom stereocenters. The molecule has 3 heteroatoms. The van der Waals surface area contributed by atoms with E-state index in [4.69, 9.17) is 11.6 Å². The third-order valence-corrected chi connectivity index (χ3v) is 2.88.